The molecule has 0 bridgehead atoms. The van der Waals surface area contributed by atoms with Gasteiger partial charge in [0, 0.05) is 5.02 Å². The second-order valence-electron chi connectivity index (χ2n) is 6.90. The molecule has 0 saturated heterocycles. The van der Waals surface area contributed by atoms with Gasteiger partial charge < -0.3 is 15.2 Å². The van der Waals surface area contributed by atoms with Crippen LogP contribution in [-0.2, 0) is 11.2 Å². The van der Waals surface area contributed by atoms with E-state index in [1.807, 2.05) is 18.2 Å². The summed E-state index contributed by atoms with van der Waals surface area (Å²) in [6.45, 7) is 5.54. The zero-order valence-electron chi connectivity index (χ0n) is 16.5. The van der Waals surface area contributed by atoms with Crippen molar-refractivity contribution >= 4 is 34.8 Å². The largest absolute Gasteiger partial charge is 0.504 e. The Bertz CT molecular complexity index is 824. The number of carbonyl (C=O) groups excluding carboxylic acids is 1. The predicted molar refractivity (Wildman–Crippen MR) is 116 cm³/mol. The standard InChI is InChI=1S/C22H27Cl2NO3/c1-4-5-6-7-9-16-10-8-11-17(12-16)28-15(3)22(27)25-19-13-18(23)14(2)20(24)21(19)26/h8,10-13,15,26H,4-7,9H2,1-3H3,(H,25,27). The van der Waals surface area contributed by atoms with Crippen LogP contribution in [0.2, 0.25) is 10.0 Å². The first-order valence-electron chi connectivity index (χ1n) is 9.57. The molecule has 0 aliphatic carbocycles. The SMILES string of the molecule is CCCCCCc1cccc(OC(C)C(=O)Nc2cc(Cl)c(C)c(Cl)c2O)c1. The van der Waals surface area contributed by atoms with Gasteiger partial charge in [0.2, 0.25) is 0 Å². The van der Waals surface area contributed by atoms with E-state index in [1.165, 1.54) is 30.9 Å². The number of unbranched alkanes of at least 4 members (excludes halogenated alkanes) is 3. The molecule has 28 heavy (non-hydrogen) atoms. The van der Waals surface area contributed by atoms with E-state index >= 15 is 0 Å². The Morgan fingerprint density at radius 2 is 1.96 bits per heavy atom. The molecule has 6 heteroatoms. The molecule has 1 unspecified atom stereocenters. The summed E-state index contributed by atoms with van der Waals surface area (Å²) in [4.78, 5) is 12.5. The Morgan fingerprint density at radius 1 is 1.21 bits per heavy atom. The number of phenolic OH excluding ortho intramolecular Hbond substituents is 1. The first kappa shape index (κ1) is 22.4. The summed E-state index contributed by atoms with van der Waals surface area (Å²) in [5.74, 6) is 0.0256. The van der Waals surface area contributed by atoms with Crippen molar-refractivity contribution < 1.29 is 14.6 Å². The molecule has 4 nitrogen and oxygen atoms in total. The molecule has 0 aliphatic heterocycles. The lowest BCUT2D eigenvalue weighted by Crippen LogP contribution is -2.30. The van der Waals surface area contributed by atoms with Crippen molar-refractivity contribution in [3.63, 3.8) is 0 Å². The molecular weight excluding hydrogens is 397 g/mol. The van der Waals surface area contributed by atoms with E-state index in [4.69, 9.17) is 27.9 Å². The van der Waals surface area contributed by atoms with Gasteiger partial charge >= 0.3 is 0 Å². The summed E-state index contributed by atoms with van der Waals surface area (Å²) in [7, 11) is 0. The van der Waals surface area contributed by atoms with E-state index in [0.29, 0.717) is 16.3 Å². The van der Waals surface area contributed by atoms with Crippen molar-refractivity contribution in [2.24, 2.45) is 0 Å². The van der Waals surface area contributed by atoms with E-state index in [2.05, 4.69) is 18.3 Å². The second kappa shape index (κ2) is 10.6. The topological polar surface area (TPSA) is 58.6 Å². The number of phenols is 1. The Morgan fingerprint density at radius 3 is 2.68 bits per heavy atom. The molecule has 1 amide bonds. The first-order valence-corrected chi connectivity index (χ1v) is 10.3. The normalized spacial score (nSPS) is 11.9. The number of halogens is 2. The maximum atomic E-state index is 12.5. The lowest BCUT2D eigenvalue weighted by molar-refractivity contribution is -0.122. The van der Waals surface area contributed by atoms with E-state index in [1.54, 1.807) is 13.8 Å². The summed E-state index contributed by atoms with van der Waals surface area (Å²) < 4.78 is 5.78. The number of anilines is 1. The molecule has 2 aromatic rings. The van der Waals surface area contributed by atoms with E-state index in [0.717, 1.165) is 12.8 Å². The summed E-state index contributed by atoms with van der Waals surface area (Å²) in [6.07, 6.45) is 5.04. The quantitative estimate of drug-likeness (QED) is 0.355. The number of nitrogens with one attached hydrogen (secondary N) is 1. The first-order chi connectivity index (χ1) is 13.3. The van der Waals surface area contributed by atoms with E-state index in [9.17, 15) is 9.90 Å². The zero-order valence-corrected chi connectivity index (χ0v) is 18.0. The third-order valence-corrected chi connectivity index (χ3v) is 5.43. The van der Waals surface area contributed by atoms with Crippen LogP contribution >= 0.6 is 23.2 Å². The van der Waals surface area contributed by atoms with Gasteiger partial charge in [-0.05, 0) is 56.0 Å². The molecule has 0 saturated carbocycles. The lowest BCUT2D eigenvalue weighted by atomic mass is 10.1. The van der Waals surface area contributed by atoms with Gasteiger partial charge in [-0.3, -0.25) is 4.79 Å². The number of hydrogen-bond acceptors (Lipinski definition) is 3. The highest BCUT2D eigenvalue weighted by Gasteiger charge is 2.19. The van der Waals surface area contributed by atoms with Gasteiger partial charge in [0.05, 0.1) is 10.7 Å². The molecule has 2 N–H and O–H groups in total. The molecule has 0 heterocycles. The predicted octanol–water partition coefficient (Wildman–Crippen LogP) is 6.54. The van der Waals surface area contributed by atoms with Crippen LogP contribution in [0.1, 0.15) is 50.7 Å². The third-order valence-electron chi connectivity index (χ3n) is 4.58. The molecule has 2 aromatic carbocycles. The van der Waals surface area contributed by atoms with Crippen molar-refractivity contribution in [3.05, 3.63) is 51.5 Å². The molecule has 0 aromatic heterocycles. The minimum absolute atomic E-state index is 0.118. The number of aromatic hydroxyl groups is 1. The molecule has 0 aliphatic rings. The number of rotatable bonds is 9. The summed E-state index contributed by atoms with van der Waals surface area (Å²) in [5.41, 5.74) is 1.90. The zero-order chi connectivity index (χ0) is 20.7. The highest BCUT2D eigenvalue weighted by Crippen LogP contribution is 2.38. The van der Waals surface area contributed by atoms with Crippen LogP contribution in [0.4, 0.5) is 5.69 Å². The maximum Gasteiger partial charge on any atom is 0.265 e. The molecular formula is C22H27Cl2NO3. The lowest BCUT2D eigenvalue weighted by Gasteiger charge is -2.17. The average Bonchev–Trinajstić information content (AvgIpc) is 2.68. The second-order valence-corrected chi connectivity index (χ2v) is 7.69. The van der Waals surface area contributed by atoms with E-state index < -0.39 is 12.0 Å². The van der Waals surface area contributed by atoms with Crippen LogP contribution in [0.3, 0.4) is 0 Å². The van der Waals surface area contributed by atoms with Crippen molar-refractivity contribution in [1.29, 1.82) is 0 Å². The van der Waals surface area contributed by atoms with Gasteiger partial charge in [0.25, 0.3) is 5.91 Å². The van der Waals surface area contributed by atoms with Crippen molar-refractivity contribution in [1.82, 2.24) is 0 Å². The van der Waals surface area contributed by atoms with Gasteiger partial charge in [-0.2, -0.15) is 0 Å². The van der Waals surface area contributed by atoms with Gasteiger partial charge in [-0.25, -0.2) is 0 Å². The fourth-order valence-corrected chi connectivity index (χ4v) is 3.28. The minimum atomic E-state index is -0.756. The number of amides is 1. The number of hydrogen-bond donors (Lipinski definition) is 2. The molecule has 2 rings (SSSR count). The molecule has 0 radical (unpaired) electrons. The fourth-order valence-electron chi connectivity index (χ4n) is 2.82. The smallest absolute Gasteiger partial charge is 0.265 e. The average molecular weight is 424 g/mol. The molecule has 0 fully saturated rings. The molecule has 152 valence electrons. The van der Waals surface area contributed by atoms with Crippen LogP contribution in [0.25, 0.3) is 0 Å². The molecule has 0 spiro atoms. The third kappa shape index (κ3) is 6.05. The Hall–Kier alpha value is -1.91. The van der Waals surface area contributed by atoms with Crippen molar-refractivity contribution in [2.45, 2.75) is 59.0 Å². The Kier molecular flexibility index (Phi) is 8.46. The van der Waals surface area contributed by atoms with Crippen LogP contribution in [0.5, 0.6) is 11.5 Å². The van der Waals surface area contributed by atoms with Gasteiger partial charge in [-0.1, -0.05) is 61.5 Å². The van der Waals surface area contributed by atoms with E-state index in [-0.39, 0.29) is 16.5 Å². The van der Waals surface area contributed by atoms with Crippen LogP contribution in [0, 0.1) is 6.92 Å². The number of carbonyl (C=O) groups is 1. The number of aryl methyl sites for hydroxylation is 1. The van der Waals surface area contributed by atoms with Crippen LogP contribution < -0.4 is 10.1 Å². The van der Waals surface area contributed by atoms with Crippen molar-refractivity contribution in [3.8, 4) is 11.5 Å². The van der Waals surface area contributed by atoms with Gasteiger partial charge in [0.1, 0.15) is 5.75 Å². The van der Waals surface area contributed by atoms with Crippen LogP contribution in [0.15, 0.2) is 30.3 Å². The monoisotopic (exact) mass is 423 g/mol. The highest BCUT2D eigenvalue weighted by atomic mass is 35.5. The highest BCUT2D eigenvalue weighted by molar-refractivity contribution is 6.37. The van der Waals surface area contributed by atoms with Gasteiger partial charge in [0.15, 0.2) is 11.9 Å². The maximum absolute atomic E-state index is 12.5. The molecule has 1 atom stereocenters. The fraction of sp³-hybridized carbons (Fsp3) is 0.409. The van der Waals surface area contributed by atoms with Gasteiger partial charge in [-0.15, -0.1) is 0 Å². The Labute approximate surface area is 176 Å². The number of benzene rings is 2. The summed E-state index contributed by atoms with van der Waals surface area (Å²) >= 11 is 12.1. The van der Waals surface area contributed by atoms with Crippen molar-refractivity contribution in [2.75, 3.05) is 5.32 Å². The summed E-state index contributed by atoms with van der Waals surface area (Å²) in [6, 6.07) is 9.27. The number of ether oxygens (including phenoxy) is 1. The minimum Gasteiger partial charge on any atom is -0.504 e. The summed E-state index contributed by atoms with van der Waals surface area (Å²) in [5, 5.41) is 13.2. The van der Waals surface area contributed by atoms with Crippen LogP contribution in [-0.4, -0.2) is 17.1 Å². The Balaban J connectivity index is 1.99.